The van der Waals surface area contributed by atoms with Gasteiger partial charge < -0.3 is 9.15 Å². The zero-order valence-corrected chi connectivity index (χ0v) is 13.0. The largest absolute Gasteiger partial charge is 0.463 e. The first-order chi connectivity index (χ1) is 10.2. The molecule has 21 heavy (non-hydrogen) atoms. The number of hydrogen-bond acceptors (Lipinski definition) is 4. The lowest BCUT2D eigenvalue weighted by Gasteiger charge is -2.46. The number of furan rings is 1. The van der Waals surface area contributed by atoms with Crippen molar-refractivity contribution >= 4 is 5.97 Å². The van der Waals surface area contributed by atoms with Crippen LogP contribution in [-0.2, 0) is 4.74 Å². The fraction of sp³-hybridized carbons (Fsp3) is 0.706. The molecule has 116 valence electrons. The van der Waals surface area contributed by atoms with E-state index >= 15 is 0 Å². The average Bonchev–Trinajstić information content (AvgIpc) is 3.03. The number of rotatable bonds is 3. The number of nitrogens with zero attached hydrogens (tertiary/aromatic N) is 1. The highest BCUT2D eigenvalue weighted by Gasteiger charge is 2.36. The second-order valence-electron chi connectivity index (χ2n) is 6.36. The third-order valence-electron chi connectivity index (χ3n) is 5.21. The second-order valence-corrected chi connectivity index (χ2v) is 6.36. The molecule has 3 unspecified atom stereocenters. The smallest absolute Gasteiger partial charge is 0.373 e. The predicted molar refractivity (Wildman–Crippen MR) is 80.1 cm³/mol. The summed E-state index contributed by atoms with van der Waals surface area (Å²) in [6.45, 7) is 3.33. The molecule has 0 radical (unpaired) electrons. The summed E-state index contributed by atoms with van der Waals surface area (Å²) in [6, 6.07) is 4.56. The standard InChI is InChI=1S/C17H25NO3/c1-12(15-9-10-16(21-15)17(19)20-2)18-11-5-7-13-6-3-4-8-14(13)18/h9-10,12-14H,3-8,11H2,1-2H3. The van der Waals surface area contributed by atoms with Crippen molar-refractivity contribution in [2.45, 2.75) is 57.5 Å². The molecule has 2 aliphatic rings. The Morgan fingerprint density at radius 2 is 2.05 bits per heavy atom. The maximum Gasteiger partial charge on any atom is 0.373 e. The van der Waals surface area contributed by atoms with Crippen LogP contribution in [0.1, 0.15) is 67.8 Å². The number of hydrogen-bond donors (Lipinski definition) is 0. The van der Waals surface area contributed by atoms with Crippen LogP contribution in [0.2, 0.25) is 0 Å². The summed E-state index contributed by atoms with van der Waals surface area (Å²) in [5.74, 6) is 1.63. The van der Waals surface area contributed by atoms with Gasteiger partial charge in [-0.1, -0.05) is 12.8 Å². The van der Waals surface area contributed by atoms with E-state index in [0.717, 1.165) is 18.2 Å². The van der Waals surface area contributed by atoms with Gasteiger partial charge >= 0.3 is 5.97 Å². The molecule has 0 aromatic carbocycles. The molecule has 1 aromatic rings. The van der Waals surface area contributed by atoms with E-state index < -0.39 is 5.97 Å². The van der Waals surface area contributed by atoms with Gasteiger partial charge in [-0.05, 0) is 57.2 Å². The topological polar surface area (TPSA) is 42.7 Å². The highest BCUT2D eigenvalue weighted by molar-refractivity contribution is 5.86. The number of methoxy groups -OCH3 is 1. The number of fused-ring (bicyclic) bond motifs is 1. The molecule has 3 rings (SSSR count). The first kappa shape index (κ1) is 14.6. The molecule has 0 bridgehead atoms. The quantitative estimate of drug-likeness (QED) is 0.795. The van der Waals surface area contributed by atoms with Gasteiger partial charge in [0, 0.05) is 6.04 Å². The SMILES string of the molecule is COC(=O)c1ccc(C(C)N2CCCC3CCCCC32)o1. The third-order valence-corrected chi connectivity index (χ3v) is 5.21. The molecule has 1 aliphatic heterocycles. The normalized spacial score (nSPS) is 27.9. The number of carbonyl (C=O) groups is 1. The van der Waals surface area contributed by atoms with Crippen molar-refractivity contribution in [2.24, 2.45) is 5.92 Å². The van der Waals surface area contributed by atoms with Crippen LogP contribution in [-0.4, -0.2) is 30.6 Å². The maximum absolute atomic E-state index is 11.5. The highest BCUT2D eigenvalue weighted by atomic mass is 16.5. The lowest BCUT2D eigenvalue weighted by atomic mass is 9.77. The van der Waals surface area contributed by atoms with Gasteiger partial charge in [-0.3, -0.25) is 4.90 Å². The molecule has 1 saturated heterocycles. The Balaban J connectivity index is 1.75. The molecule has 4 nitrogen and oxygen atoms in total. The highest BCUT2D eigenvalue weighted by Crippen LogP contribution is 2.39. The van der Waals surface area contributed by atoms with E-state index in [-0.39, 0.29) is 6.04 Å². The van der Waals surface area contributed by atoms with E-state index in [1.54, 1.807) is 6.07 Å². The van der Waals surface area contributed by atoms with Crippen LogP contribution in [0.25, 0.3) is 0 Å². The van der Waals surface area contributed by atoms with Gasteiger partial charge in [-0.15, -0.1) is 0 Å². The van der Waals surface area contributed by atoms with Gasteiger partial charge in [0.15, 0.2) is 0 Å². The summed E-state index contributed by atoms with van der Waals surface area (Å²) in [5.41, 5.74) is 0. The van der Waals surface area contributed by atoms with Crippen molar-refractivity contribution in [3.8, 4) is 0 Å². The van der Waals surface area contributed by atoms with Crippen molar-refractivity contribution in [3.05, 3.63) is 23.7 Å². The average molecular weight is 291 g/mol. The lowest BCUT2D eigenvalue weighted by molar-refractivity contribution is 0.0231. The number of piperidine rings is 1. The summed E-state index contributed by atoms with van der Waals surface area (Å²) in [5, 5.41) is 0. The van der Waals surface area contributed by atoms with Crippen LogP contribution < -0.4 is 0 Å². The molecule has 1 saturated carbocycles. The van der Waals surface area contributed by atoms with Crippen molar-refractivity contribution in [1.29, 1.82) is 0 Å². The van der Waals surface area contributed by atoms with E-state index in [9.17, 15) is 4.79 Å². The number of ether oxygens (including phenoxy) is 1. The summed E-state index contributed by atoms with van der Waals surface area (Å²) >= 11 is 0. The predicted octanol–water partition coefficient (Wildman–Crippen LogP) is 3.78. The van der Waals surface area contributed by atoms with Gasteiger partial charge in [-0.25, -0.2) is 4.79 Å². The van der Waals surface area contributed by atoms with Crippen molar-refractivity contribution in [2.75, 3.05) is 13.7 Å². The lowest BCUT2D eigenvalue weighted by Crippen LogP contribution is -2.47. The van der Waals surface area contributed by atoms with E-state index in [2.05, 4.69) is 11.8 Å². The zero-order chi connectivity index (χ0) is 14.8. The van der Waals surface area contributed by atoms with Crippen LogP contribution in [0.15, 0.2) is 16.5 Å². The van der Waals surface area contributed by atoms with Crippen LogP contribution in [0.4, 0.5) is 0 Å². The molecule has 0 amide bonds. The molecule has 3 atom stereocenters. The van der Waals surface area contributed by atoms with Gasteiger partial charge in [0.05, 0.1) is 13.2 Å². The molecule has 0 spiro atoms. The molecule has 1 aliphatic carbocycles. The molecular formula is C17H25NO3. The van der Waals surface area contributed by atoms with Crippen LogP contribution >= 0.6 is 0 Å². The molecular weight excluding hydrogens is 266 g/mol. The van der Waals surface area contributed by atoms with Crippen molar-refractivity contribution in [3.63, 3.8) is 0 Å². The van der Waals surface area contributed by atoms with E-state index in [4.69, 9.17) is 9.15 Å². The minimum absolute atomic E-state index is 0.231. The summed E-state index contributed by atoms with van der Waals surface area (Å²) in [7, 11) is 1.38. The fourth-order valence-corrected chi connectivity index (χ4v) is 4.10. The Kier molecular flexibility index (Phi) is 4.34. The Bertz CT molecular complexity index is 494. The van der Waals surface area contributed by atoms with Crippen molar-refractivity contribution < 1.29 is 13.9 Å². The molecule has 2 heterocycles. The first-order valence-electron chi connectivity index (χ1n) is 8.14. The molecule has 2 fully saturated rings. The van der Waals surface area contributed by atoms with Gasteiger partial charge in [0.1, 0.15) is 5.76 Å². The third kappa shape index (κ3) is 2.86. The molecule has 4 heteroatoms. The van der Waals surface area contributed by atoms with Crippen LogP contribution in [0.5, 0.6) is 0 Å². The molecule has 1 aromatic heterocycles. The maximum atomic E-state index is 11.5. The van der Waals surface area contributed by atoms with Crippen molar-refractivity contribution in [1.82, 2.24) is 4.90 Å². The minimum atomic E-state index is -0.400. The van der Waals surface area contributed by atoms with Gasteiger partial charge in [0.25, 0.3) is 0 Å². The first-order valence-corrected chi connectivity index (χ1v) is 8.14. The number of carbonyl (C=O) groups excluding carboxylic acids is 1. The number of likely N-dealkylation sites (tertiary alicyclic amines) is 1. The Labute approximate surface area is 126 Å². The summed E-state index contributed by atoms with van der Waals surface area (Å²) in [4.78, 5) is 14.1. The van der Waals surface area contributed by atoms with E-state index in [0.29, 0.717) is 11.8 Å². The van der Waals surface area contributed by atoms with Gasteiger partial charge in [0.2, 0.25) is 5.76 Å². The monoisotopic (exact) mass is 291 g/mol. The second kappa shape index (κ2) is 6.22. The number of esters is 1. The summed E-state index contributed by atoms with van der Waals surface area (Å²) < 4.78 is 10.4. The minimum Gasteiger partial charge on any atom is -0.463 e. The van der Waals surface area contributed by atoms with Crippen LogP contribution in [0, 0.1) is 5.92 Å². The Morgan fingerprint density at radius 1 is 1.29 bits per heavy atom. The van der Waals surface area contributed by atoms with E-state index in [1.807, 2.05) is 6.07 Å². The fourth-order valence-electron chi connectivity index (χ4n) is 4.10. The zero-order valence-electron chi connectivity index (χ0n) is 13.0. The van der Waals surface area contributed by atoms with E-state index in [1.165, 1.54) is 45.6 Å². The molecule has 0 N–H and O–H groups in total. The Morgan fingerprint density at radius 3 is 2.86 bits per heavy atom. The summed E-state index contributed by atoms with van der Waals surface area (Å²) in [6.07, 6.45) is 8.06. The van der Waals surface area contributed by atoms with Crippen LogP contribution in [0.3, 0.4) is 0 Å². The van der Waals surface area contributed by atoms with Gasteiger partial charge in [-0.2, -0.15) is 0 Å². The Hall–Kier alpha value is -1.29.